The van der Waals surface area contributed by atoms with Gasteiger partial charge in [-0.05, 0) is 30.2 Å². The highest BCUT2D eigenvalue weighted by Crippen LogP contribution is 2.10. The summed E-state index contributed by atoms with van der Waals surface area (Å²) in [6.07, 6.45) is 1.06. The molecule has 0 nitrogen and oxygen atoms in total. The van der Waals surface area contributed by atoms with Crippen LogP contribution >= 0.6 is 15.9 Å². The van der Waals surface area contributed by atoms with Crippen LogP contribution in [-0.4, -0.2) is 0 Å². The third-order valence-corrected chi connectivity index (χ3v) is 1.70. The Balaban J connectivity index is 2.94. The highest BCUT2D eigenvalue weighted by Gasteiger charge is 1.87. The van der Waals surface area contributed by atoms with E-state index in [1.54, 1.807) is 0 Å². The van der Waals surface area contributed by atoms with Crippen molar-refractivity contribution in [1.29, 1.82) is 0 Å². The number of benzene rings is 1. The van der Waals surface area contributed by atoms with E-state index in [0.717, 1.165) is 10.9 Å². The number of hydrogen-bond donors (Lipinski definition) is 0. The lowest BCUT2D eigenvalue weighted by molar-refractivity contribution is 1.13. The zero-order valence-corrected chi connectivity index (χ0v) is 6.90. The first-order chi connectivity index (χ1) is 4.33. The standard InChI is InChI=1S/C8H8Br/c1-2-7-4-3-5-8(9)6-7/h3,5-6H,2H2,1H3. The van der Waals surface area contributed by atoms with Gasteiger partial charge in [0.05, 0.1) is 0 Å². The van der Waals surface area contributed by atoms with Gasteiger partial charge in [0.25, 0.3) is 0 Å². The fraction of sp³-hybridized carbons (Fsp3) is 0.250. The molecule has 1 aromatic carbocycles. The van der Waals surface area contributed by atoms with E-state index in [1.807, 2.05) is 12.1 Å². The van der Waals surface area contributed by atoms with E-state index in [0.29, 0.717) is 0 Å². The van der Waals surface area contributed by atoms with Crippen LogP contribution in [0, 0.1) is 6.07 Å². The van der Waals surface area contributed by atoms with Gasteiger partial charge in [-0.3, -0.25) is 0 Å². The van der Waals surface area contributed by atoms with Crippen LogP contribution in [0.1, 0.15) is 12.5 Å². The summed E-state index contributed by atoms with van der Waals surface area (Å²) in [5, 5.41) is 0. The van der Waals surface area contributed by atoms with Gasteiger partial charge >= 0.3 is 0 Å². The number of halogens is 1. The molecule has 0 amide bonds. The van der Waals surface area contributed by atoms with Crippen molar-refractivity contribution in [2.75, 3.05) is 0 Å². The second-order valence-electron chi connectivity index (χ2n) is 1.89. The lowest BCUT2D eigenvalue weighted by Gasteiger charge is -1.93. The summed E-state index contributed by atoms with van der Waals surface area (Å²) >= 11 is 3.38. The van der Waals surface area contributed by atoms with E-state index in [9.17, 15) is 0 Å². The van der Waals surface area contributed by atoms with Crippen LogP contribution in [0.4, 0.5) is 0 Å². The molecule has 1 rings (SSSR count). The molecule has 1 heteroatoms. The van der Waals surface area contributed by atoms with Crippen molar-refractivity contribution in [3.05, 3.63) is 34.3 Å². The van der Waals surface area contributed by atoms with E-state index in [-0.39, 0.29) is 0 Å². The zero-order valence-electron chi connectivity index (χ0n) is 5.32. The highest BCUT2D eigenvalue weighted by molar-refractivity contribution is 9.10. The van der Waals surface area contributed by atoms with E-state index in [4.69, 9.17) is 0 Å². The first-order valence-corrected chi connectivity index (χ1v) is 3.78. The normalized spacial score (nSPS) is 9.56. The van der Waals surface area contributed by atoms with Gasteiger partial charge in [0.2, 0.25) is 0 Å². The van der Waals surface area contributed by atoms with Gasteiger partial charge in [0.1, 0.15) is 0 Å². The molecule has 0 saturated heterocycles. The molecule has 0 aliphatic rings. The minimum atomic E-state index is 1.06. The molecule has 47 valence electrons. The maximum absolute atomic E-state index is 3.38. The Labute approximate surface area is 64.0 Å². The second kappa shape index (κ2) is 3.02. The molecule has 0 heterocycles. The summed E-state index contributed by atoms with van der Waals surface area (Å²) in [6, 6.07) is 9.13. The van der Waals surface area contributed by atoms with Crippen LogP contribution in [0.15, 0.2) is 22.7 Å². The van der Waals surface area contributed by atoms with Gasteiger partial charge in [-0.15, -0.1) is 0 Å². The van der Waals surface area contributed by atoms with Gasteiger partial charge in [0.15, 0.2) is 0 Å². The molecule has 0 unspecified atom stereocenters. The quantitative estimate of drug-likeness (QED) is 0.629. The topological polar surface area (TPSA) is 0 Å². The lowest BCUT2D eigenvalue weighted by atomic mass is 10.2. The van der Waals surface area contributed by atoms with Crippen molar-refractivity contribution in [3.8, 4) is 0 Å². The number of aryl methyl sites for hydroxylation is 1. The molecule has 9 heavy (non-hydrogen) atoms. The SMILES string of the molecule is CCc1[c]ccc(Br)c1. The Morgan fingerprint density at radius 3 is 2.89 bits per heavy atom. The molecule has 0 N–H and O–H groups in total. The fourth-order valence-corrected chi connectivity index (χ4v) is 1.10. The Bertz CT molecular complexity index is 194. The summed E-state index contributed by atoms with van der Waals surface area (Å²) in [4.78, 5) is 0. The molecule has 1 radical (unpaired) electrons. The molecule has 0 atom stereocenters. The van der Waals surface area contributed by atoms with Gasteiger partial charge in [-0.1, -0.05) is 28.9 Å². The Kier molecular flexibility index (Phi) is 2.29. The van der Waals surface area contributed by atoms with Gasteiger partial charge in [-0.25, -0.2) is 0 Å². The average molecular weight is 184 g/mol. The van der Waals surface area contributed by atoms with Crippen LogP contribution in [0.3, 0.4) is 0 Å². The third-order valence-electron chi connectivity index (χ3n) is 1.20. The molecule has 0 aromatic heterocycles. The molecule has 0 fully saturated rings. The van der Waals surface area contributed by atoms with Crippen molar-refractivity contribution < 1.29 is 0 Å². The van der Waals surface area contributed by atoms with Gasteiger partial charge in [-0.2, -0.15) is 0 Å². The van der Waals surface area contributed by atoms with Crippen LogP contribution < -0.4 is 0 Å². The molecule has 0 saturated carbocycles. The number of hydrogen-bond acceptors (Lipinski definition) is 0. The second-order valence-corrected chi connectivity index (χ2v) is 2.80. The van der Waals surface area contributed by atoms with Gasteiger partial charge < -0.3 is 0 Å². The average Bonchev–Trinajstić information content (AvgIpc) is 1.88. The maximum atomic E-state index is 3.38. The van der Waals surface area contributed by atoms with Crippen LogP contribution in [0.5, 0.6) is 0 Å². The van der Waals surface area contributed by atoms with Gasteiger partial charge in [0, 0.05) is 4.47 Å². The highest BCUT2D eigenvalue weighted by atomic mass is 79.9. The van der Waals surface area contributed by atoms with E-state index in [2.05, 4.69) is 35.0 Å². The predicted octanol–water partition coefficient (Wildman–Crippen LogP) is 2.81. The maximum Gasteiger partial charge on any atom is 0.0178 e. The molecule has 0 aliphatic carbocycles. The first kappa shape index (κ1) is 6.81. The summed E-state index contributed by atoms with van der Waals surface area (Å²) in [5.41, 5.74) is 1.25. The van der Waals surface area contributed by atoms with E-state index >= 15 is 0 Å². The number of rotatable bonds is 1. The monoisotopic (exact) mass is 183 g/mol. The molecule has 0 spiro atoms. The van der Waals surface area contributed by atoms with Crippen molar-refractivity contribution in [2.24, 2.45) is 0 Å². The van der Waals surface area contributed by atoms with E-state index < -0.39 is 0 Å². The summed E-state index contributed by atoms with van der Waals surface area (Å²) in [6.45, 7) is 2.12. The molecular formula is C8H8Br. The van der Waals surface area contributed by atoms with E-state index in [1.165, 1.54) is 5.56 Å². The van der Waals surface area contributed by atoms with Crippen LogP contribution in [-0.2, 0) is 6.42 Å². The minimum absolute atomic E-state index is 1.06. The van der Waals surface area contributed by atoms with Crippen molar-refractivity contribution in [1.82, 2.24) is 0 Å². The zero-order chi connectivity index (χ0) is 6.69. The minimum Gasteiger partial charge on any atom is -0.0613 e. The summed E-state index contributed by atoms with van der Waals surface area (Å²) in [5.74, 6) is 0. The first-order valence-electron chi connectivity index (χ1n) is 2.99. The van der Waals surface area contributed by atoms with Crippen LogP contribution in [0.2, 0.25) is 0 Å². The predicted molar refractivity (Wildman–Crippen MR) is 42.4 cm³/mol. The van der Waals surface area contributed by atoms with Crippen molar-refractivity contribution in [2.45, 2.75) is 13.3 Å². The van der Waals surface area contributed by atoms with Crippen molar-refractivity contribution >= 4 is 15.9 Å². The largest absolute Gasteiger partial charge is 0.0613 e. The summed E-state index contributed by atoms with van der Waals surface area (Å²) < 4.78 is 1.14. The Hall–Kier alpha value is -0.300. The van der Waals surface area contributed by atoms with Crippen molar-refractivity contribution in [3.63, 3.8) is 0 Å². The Morgan fingerprint density at radius 1 is 1.67 bits per heavy atom. The molecule has 0 aliphatic heterocycles. The molecule has 1 aromatic rings. The smallest absolute Gasteiger partial charge is 0.0178 e. The lowest BCUT2D eigenvalue weighted by Crippen LogP contribution is -1.77. The fourth-order valence-electron chi connectivity index (χ4n) is 0.689. The summed E-state index contributed by atoms with van der Waals surface area (Å²) in [7, 11) is 0. The molecule has 0 bridgehead atoms. The molecular weight excluding hydrogens is 176 g/mol. The van der Waals surface area contributed by atoms with Crippen LogP contribution in [0.25, 0.3) is 0 Å². The third kappa shape index (κ3) is 1.83. The Morgan fingerprint density at radius 2 is 2.44 bits per heavy atom.